The van der Waals surface area contributed by atoms with Crippen molar-refractivity contribution < 1.29 is 9.53 Å². The number of amides is 1. The average molecular weight is 441 g/mol. The number of fused-ring (bicyclic) bond motifs is 1. The second-order valence-electron chi connectivity index (χ2n) is 7.35. The van der Waals surface area contributed by atoms with Crippen molar-refractivity contribution in [2.24, 2.45) is 0 Å². The van der Waals surface area contributed by atoms with E-state index in [9.17, 15) is 9.59 Å². The third kappa shape index (κ3) is 5.86. The molecule has 7 nitrogen and oxygen atoms in total. The summed E-state index contributed by atoms with van der Waals surface area (Å²) in [4.78, 5) is 23.8. The van der Waals surface area contributed by atoms with Crippen LogP contribution in [0.15, 0.2) is 95.9 Å². The van der Waals surface area contributed by atoms with Crippen LogP contribution in [0, 0.1) is 0 Å². The zero-order chi connectivity index (χ0) is 22.9. The fraction of sp³-hybridized carbons (Fsp3) is 0.115. The van der Waals surface area contributed by atoms with E-state index < -0.39 is 6.09 Å². The molecule has 0 radical (unpaired) electrons. The van der Waals surface area contributed by atoms with Gasteiger partial charge in [0.15, 0.2) is 0 Å². The lowest BCUT2D eigenvalue weighted by molar-refractivity contribution is 0.140. The summed E-state index contributed by atoms with van der Waals surface area (Å²) in [5, 5.41) is 14.2. The van der Waals surface area contributed by atoms with Crippen molar-refractivity contribution in [1.29, 1.82) is 0 Å². The fourth-order valence-electron chi connectivity index (χ4n) is 3.36. The van der Waals surface area contributed by atoms with Gasteiger partial charge in [0.1, 0.15) is 6.61 Å². The van der Waals surface area contributed by atoms with Crippen LogP contribution in [0.2, 0.25) is 0 Å². The number of hydrogen-bond acceptors (Lipinski definition) is 5. The van der Waals surface area contributed by atoms with E-state index in [1.807, 2.05) is 85.1 Å². The van der Waals surface area contributed by atoms with Gasteiger partial charge in [-0.15, -0.1) is 0 Å². The number of H-pyrrole nitrogens is 1. The maximum absolute atomic E-state index is 12.0. The number of benzene rings is 3. The number of aromatic amines is 1. The second kappa shape index (κ2) is 10.8. The minimum Gasteiger partial charge on any atom is -0.445 e. The van der Waals surface area contributed by atoms with Gasteiger partial charge < -0.3 is 15.4 Å². The molecule has 0 atom stereocenters. The Morgan fingerprint density at radius 1 is 0.970 bits per heavy atom. The number of aromatic nitrogens is 2. The van der Waals surface area contributed by atoms with E-state index in [4.69, 9.17) is 4.74 Å². The van der Waals surface area contributed by atoms with Crippen LogP contribution in [0.3, 0.4) is 0 Å². The largest absolute Gasteiger partial charge is 0.445 e. The number of nitrogens with one attached hydrogen (secondary N) is 3. The Hall–Kier alpha value is -4.39. The first-order chi connectivity index (χ1) is 16.2. The quantitative estimate of drug-likeness (QED) is 0.341. The van der Waals surface area contributed by atoms with Crippen molar-refractivity contribution in [3.63, 3.8) is 0 Å². The zero-order valence-corrected chi connectivity index (χ0v) is 18.0. The molecule has 33 heavy (non-hydrogen) atoms. The highest BCUT2D eigenvalue weighted by atomic mass is 16.5. The Balaban J connectivity index is 1.28. The molecule has 4 rings (SSSR count). The Bertz CT molecular complexity index is 1320. The molecule has 0 saturated heterocycles. The number of ether oxygens (including phenoxy) is 1. The van der Waals surface area contributed by atoms with Crippen LogP contribution in [0.25, 0.3) is 22.0 Å². The SMILES string of the molecule is O=C(NCCC=CNc1cccc(-c2n[nH]c(=O)c3ccccc23)c1)OCc1ccccc1. The van der Waals surface area contributed by atoms with Crippen molar-refractivity contribution >= 4 is 22.6 Å². The Labute approximate surface area is 191 Å². The van der Waals surface area contributed by atoms with Crippen LogP contribution in [0.5, 0.6) is 0 Å². The van der Waals surface area contributed by atoms with E-state index >= 15 is 0 Å². The van der Waals surface area contributed by atoms with Crippen LogP contribution >= 0.6 is 0 Å². The predicted molar refractivity (Wildman–Crippen MR) is 130 cm³/mol. The molecule has 0 spiro atoms. The van der Waals surface area contributed by atoms with E-state index in [0.29, 0.717) is 18.4 Å². The lowest BCUT2D eigenvalue weighted by Gasteiger charge is -2.07. The van der Waals surface area contributed by atoms with Gasteiger partial charge in [0.05, 0.1) is 11.1 Å². The molecule has 3 aromatic carbocycles. The summed E-state index contributed by atoms with van der Waals surface area (Å²) in [5.41, 5.74) is 3.24. The molecule has 0 bridgehead atoms. The van der Waals surface area contributed by atoms with E-state index in [1.165, 1.54) is 0 Å². The summed E-state index contributed by atoms with van der Waals surface area (Å²) in [7, 11) is 0. The van der Waals surface area contributed by atoms with Gasteiger partial charge in [-0.25, -0.2) is 9.89 Å². The molecule has 166 valence electrons. The molecular formula is C26H24N4O3. The summed E-state index contributed by atoms with van der Waals surface area (Å²) in [6.45, 7) is 0.721. The number of rotatable bonds is 8. The molecule has 0 saturated carbocycles. The van der Waals surface area contributed by atoms with Crippen LogP contribution < -0.4 is 16.2 Å². The minimum atomic E-state index is -0.437. The summed E-state index contributed by atoms with van der Waals surface area (Å²) >= 11 is 0. The highest BCUT2D eigenvalue weighted by Crippen LogP contribution is 2.26. The van der Waals surface area contributed by atoms with Gasteiger partial charge in [-0.2, -0.15) is 5.10 Å². The first kappa shape index (κ1) is 21.8. The molecular weight excluding hydrogens is 416 g/mol. The van der Waals surface area contributed by atoms with Gasteiger partial charge in [-0.1, -0.05) is 66.7 Å². The summed E-state index contributed by atoms with van der Waals surface area (Å²) in [6.07, 6.45) is 3.97. The molecule has 1 aromatic heterocycles. The van der Waals surface area contributed by atoms with Gasteiger partial charge in [0.2, 0.25) is 0 Å². The Kier molecular flexibility index (Phi) is 7.12. The van der Waals surface area contributed by atoms with E-state index in [0.717, 1.165) is 27.9 Å². The van der Waals surface area contributed by atoms with Crippen LogP contribution in [0.4, 0.5) is 10.5 Å². The van der Waals surface area contributed by atoms with Gasteiger partial charge in [-0.05, 0) is 36.4 Å². The molecule has 1 heterocycles. The molecule has 7 heteroatoms. The standard InChI is InChI=1S/C26H24N4O3/c31-25-23-14-5-4-13-22(23)24(29-30-25)20-11-8-12-21(17-20)27-15-6-7-16-28-26(32)33-18-19-9-2-1-3-10-19/h1-6,8-15,17,27H,7,16,18H2,(H,28,32)(H,30,31). The molecule has 4 aromatic rings. The molecule has 0 aliphatic rings. The smallest absolute Gasteiger partial charge is 0.407 e. The van der Waals surface area contributed by atoms with Crippen LogP contribution in [-0.4, -0.2) is 22.8 Å². The van der Waals surface area contributed by atoms with Gasteiger partial charge in [-0.3, -0.25) is 4.79 Å². The Morgan fingerprint density at radius 2 is 1.76 bits per heavy atom. The van der Waals surface area contributed by atoms with Crippen molar-refractivity contribution in [3.05, 3.63) is 107 Å². The molecule has 0 fully saturated rings. The average Bonchev–Trinajstić information content (AvgIpc) is 2.86. The fourth-order valence-corrected chi connectivity index (χ4v) is 3.36. The maximum Gasteiger partial charge on any atom is 0.407 e. The van der Waals surface area contributed by atoms with Crippen molar-refractivity contribution in [1.82, 2.24) is 15.5 Å². The molecule has 0 unspecified atom stereocenters. The molecule has 0 aliphatic carbocycles. The van der Waals surface area contributed by atoms with Crippen molar-refractivity contribution in [3.8, 4) is 11.3 Å². The lowest BCUT2D eigenvalue weighted by Crippen LogP contribution is -2.24. The second-order valence-corrected chi connectivity index (χ2v) is 7.35. The number of nitrogens with zero attached hydrogens (tertiary/aromatic N) is 1. The van der Waals surface area contributed by atoms with E-state index in [-0.39, 0.29) is 12.2 Å². The topological polar surface area (TPSA) is 96.1 Å². The first-order valence-electron chi connectivity index (χ1n) is 10.6. The van der Waals surface area contributed by atoms with Gasteiger partial charge in [0.25, 0.3) is 5.56 Å². The number of carbonyl (C=O) groups is 1. The summed E-state index contributed by atoms with van der Waals surface area (Å²) < 4.78 is 5.18. The monoisotopic (exact) mass is 440 g/mol. The number of carbonyl (C=O) groups excluding carboxylic acids is 1. The summed E-state index contributed by atoms with van der Waals surface area (Å²) in [5.74, 6) is 0. The zero-order valence-electron chi connectivity index (χ0n) is 18.0. The maximum atomic E-state index is 12.0. The number of anilines is 1. The minimum absolute atomic E-state index is 0.205. The Morgan fingerprint density at radius 3 is 2.61 bits per heavy atom. The van der Waals surface area contributed by atoms with Crippen molar-refractivity contribution in [2.75, 3.05) is 11.9 Å². The number of hydrogen-bond donors (Lipinski definition) is 3. The predicted octanol–water partition coefficient (Wildman–Crippen LogP) is 4.83. The third-order valence-corrected chi connectivity index (χ3v) is 4.99. The first-order valence-corrected chi connectivity index (χ1v) is 10.6. The normalized spacial score (nSPS) is 10.9. The lowest BCUT2D eigenvalue weighted by atomic mass is 10.0. The number of alkyl carbamates (subject to hydrolysis) is 1. The molecule has 3 N–H and O–H groups in total. The molecule has 0 aliphatic heterocycles. The van der Waals surface area contributed by atoms with Crippen LogP contribution in [0.1, 0.15) is 12.0 Å². The third-order valence-electron chi connectivity index (χ3n) is 4.99. The summed E-state index contributed by atoms with van der Waals surface area (Å²) in [6, 6.07) is 24.8. The van der Waals surface area contributed by atoms with Crippen molar-refractivity contribution in [2.45, 2.75) is 13.0 Å². The van der Waals surface area contributed by atoms with Crippen LogP contribution in [-0.2, 0) is 11.3 Å². The van der Waals surface area contributed by atoms with E-state index in [2.05, 4.69) is 20.8 Å². The van der Waals surface area contributed by atoms with Gasteiger partial charge in [0, 0.05) is 23.2 Å². The highest BCUT2D eigenvalue weighted by molar-refractivity contribution is 5.94. The highest BCUT2D eigenvalue weighted by Gasteiger charge is 2.08. The van der Waals surface area contributed by atoms with Gasteiger partial charge >= 0.3 is 6.09 Å². The van der Waals surface area contributed by atoms with E-state index in [1.54, 1.807) is 6.07 Å². The molecule has 1 amide bonds.